The van der Waals surface area contributed by atoms with Gasteiger partial charge in [0, 0.05) is 18.4 Å². The number of H-pyrrole nitrogens is 1. The van der Waals surface area contributed by atoms with Crippen molar-refractivity contribution in [1.82, 2.24) is 15.4 Å². The smallest absolute Gasteiger partial charge is 0.416 e. The zero-order valence-electron chi connectivity index (χ0n) is 18.0. The first-order valence-corrected chi connectivity index (χ1v) is 10.2. The molecule has 33 heavy (non-hydrogen) atoms. The van der Waals surface area contributed by atoms with Gasteiger partial charge in [-0.1, -0.05) is 30.0 Å². The van der Waals surface area contributed by atoms with Crippen LogP contribution >= 0.6 is 0 Å². The van der Waals surface area contributed by atoms with Crippen molar-refractivity contribution in [1.29, 1.82) is 5.26 Å². The van der Waals surface area contributed by atoms with Gasteiger partial charge in [-0.25, -0.2) is 5.10 Å². The molecular formula is C23H23F3N4O3. The Morgan fingerprint density at radius 1 is 1.30 bits per heavy atom. The Kier molecular flexibility index (Phi) is 7.90. The van der Waals surface area contributed by atoms with E-state index in [-0.39, 0.29) is 35.4 Å². The van der Waals surface area contributed by atoms with E-state index in [1.54, 1.807) is 12.1 Å². The van der Waals surface area contributed by atoms with Gasteiger partial charge < -0.3 is 14.2 Å². The van der Waals surface area contributed by atoms with Crippen molar-refractivity contribution in [3.63, 3.8) is 0 Å². The molecule has 1 aromatic carbocycles. The normalized spacial score (nSPS) is 15.7. The van der Waals surface area contributed by atoms with E-state index in [2.05, 4.69) is 22.0 Å². The second-order valence-corrected chi connectivity index (χ2v) is 7.35. The van der Waals surface area contributed by atoms with Gasteiger partial charge >= 0.3 is 6.18 Å². The maximum absolute atomic E-state index is 13.6. The molecule has 1 aromatic heterocycles. The molecule has 7 nitrogen and oxygen atoms in total. The SMILES string of the molecule is C=C(/C=C(\C=C(/C)OCc1ccccc1OC1CCOCC1)C(F)(F)F)c1nn[nH]c1C#N. The maximum Gasteiger partial charge on any atom is 0.416 e. The molecule has 0 aliphatic carbocycles. The van der Waals surface area contributed by atoms with Crippen LogP contribution in [0, 0.1) is 11.3 Å². The van der Waals surface area contributed by atoms with Crippen molar-refractivity contribution in [2.75, 3.05) is 13.2 Å². The number of alkyl halides is 3. The standard InChI is InChI=1S/C23H23F3N4O3/c1-15(22-20(13-27)28-30-29-22)11-18(23(24,25)26)12-16(2)32-14-17-5-3-4-6-21(17)33-19-7-9-31-10-8-19/h3-6,11-12,19H,1,7-10,14H2,2H3,(H,28,29,30)/b16-12+,18-11+. The molecule has 1 aliphatic heterocycles. The van der Waals surface area contributed by atoms with Crippen LogP contribution in [0.3, 0.4) is 0 Å². The molecule has 2 aromatic rings. The lowest BCUT2D eigenvalue weighted by Gasteiger charge is -2.24. The molecule has 0 unspecified atom stereocenters. The van der Waals surface area contributed by atoms with E-state index in [9.17, 15) is 13.2 Å². The van der Waals surface area contributed by atoms with Crippen LogP contribution < -0.4 is 4.74 Å². The molecule has 1 N–H and O–H groups in total. The molecule has 2 heterocycles. The van der Waals surface area contributed by atoms with Gasteiger partial charge in [-0.2, -0.15) is 18.4 Å². The first-order valence-electron chi connectivity index (χ1n) is 10.2. The van der Waals surface area contributed by atoms with Gasteiger partial charge in [-0.15, -0.1) is 5.10 Å². The Hall–Kier alpha value is -3.58. The van der Waals surface area contributed by atoms with Crippen LogP contribution in [0.1, 0.15) is 36.7 Å². The number of aromatic amines is 1. The van der Waals surface area contributed by atoms with Gasteiger partial charge in [0.05, 0.1) is 24.5 Å². The fourth-order valence-corrected chi connectivity index (χ4v) is 3.16. The highest BCUT2D eigenvalue weighted by Gasteiger charge is 2.33. The first kappa shape index (κ1) is 24.1. The maximum atomic E-state index is 13.6. The highest BCUT2D eigenvalue weighted by atomic mass is 19.4. The largest absolute Gasteiger partial charge is 0.493 e. The third-order valence-electron chi connectivity index (χ3n) is 4.87. The summed E-state index contributed by atoms with van der Waals surface area (Å²) in [5.41, 5.74) is -0.503. The molecule has 0 spiro atoms. The molecule has 3 rings (SSSR count). The molecule has 0 amide bonds. The summed E-state index contributed by atoms with van der Waals surface area (Å²) in [4.78, 5) is 0. The van der Waals surface area contributed by atoms with Gasteiger partial charge in [0.25, 0.3) is 0 Å². The molecule has 174 valence electrons. The van der Waals surface area contributed by atoms with Crippen LogP contribution in [0.25, 0.3) is 5.57 Å². The second kappa shape index (κ2) is 10.8. The van der Waals surface area contributed by atoms with Gasteiger partial charge in [-0.05, 0) is 30.7 Å². The van der Waals surface area contributed by atoms with E-state index in [0.717, 1.165) is 30.6 Å². The molecular weight excluding hydrogens is 437 g/mol. The Bertz CT molecular complexity index is 1080. The van der Waals surface area contributed by atoms with Crippen molar-refractivity contribution in [2.24, 2.45) is 0 Å². The first-order chi connectivity index (χ1) is 15.8. The van der Waals surface area contributed by atoms with Gasteiger partial charge in [-0.3, -0.25) is 0 Å². The number of nitrogens with zero attached hydrogens (tertiary/aromatic N) is 3. The van der Waals surface area contributed by atoms with Crippen molar-refractivity contribution >= 4 is 5.57 Å². The van der Waals surface area contributed by atoms with E-state index >= 15 is 0 Å². The lowest BCUT2D eigenvalue weighted by Crippen LogP contribution is -2.26. The third-order valence-corrected chi connectivity index (χ3v) is 4.87. The molecule has 0 saturated carbocycles. The summed E-state index contributed by atoms with van der Waals surface area (Å²) in [5.74, 6) is 0.681. The molecule has 1 fully saturated rings. The molecule has 1 aliphatic rings. The summed E-state index contributed by atoms with van der Waals surface area (Å²) < 4.78 is 57.8. The van der Waals surface area contributed by atoms with Gasteiger partial charge in [0.2, 0.25) is 0 Å². The number of para-hydroxylation sites is 1. The summed E-state index contributed by atoms with van der Waals surface area (Å²) in [6.07, 6.45) is -1.42. The fourth-order valence-electron chi connectivity index (χ4n) is 3.16. The number of hydrogen-bond donors (Lipinski definition) is 1. The average molecular weight is 460 g/mol. The van der Waals surface area contributed by atoms with Crippen LogP contribution in [0.2, 0.25) is 0 Å². The monoisotopic (exact) mass is 460 g/mol. The number of halogens is 3. The Labute approximate surface area is 189 Å². The molecule has 0 atom stereocenters. The van der Waals surface area contributed by atoms with E-state index in [1.807, 2.05) is 18.2 Å². The predicted octanol–water partition coefficient (Wildman–Crippen LogP) is 4.86. The number of nitrogens with one attached hydrogen (secondary N) is 1. The van der Waals surface area contributed by atoms with Crippen molar-refractivity contribution in [3.8, 4) is 11.8 Å². The summed E-state index contributed by atoms with van der Waals surface area (Å²) in [7, 11) is 0. The van der Waals surface area contributed by atoms with Crippen molar-refractivity contribution in [2.45, 2.75) is 38.7 Å². The zero-order chi connectivity index (χ0) is 23.8. The number of nitriles is 1. The number of aromatic nitrogens is 3. The van der Waals surface area contributed by atoms with E-state index in [0.29, 0.717) is 19.0 Å². The van der Waals surface area contributed by atoms with E-state index in [1.165, 1.54) is 6.92 Å². The third kappa shape index (κ3) is 6.70. The van der Waals surface area contributed by atoms with E-state index < -0.39 is 11.7 Å². The van der Waals surface area contributed by atoms with Gasteiger partial charge in [0.1, 0.15) is 30.2 Å². The van der Waals surface area contributed by atoms with E-state index in [4.69, 9.17) is 19.5 Å². The lowest BCUT2D eigenvalue weighted by molar-refractivity contribution is -0.0884. The predicted molar refractivity (Wildman–Crippen MR) is 114 cm³/mol. The Morgan fingerprint density at radius 2 is 2.03 bits per heavy atom. The minimum absolute atomic E-state index is 0.0251. The number of allylic oxidation sites excluding steroid dienone is 5. The zero-order valence-corrected chi connectivity index (χ0v) is 18.0. The number of hydrogen-bond acceptors (Lipinski definition) is 6. The van der Waals surface area contributed by atoms with Crippen LogP contribution in [-0.4, -0.2) is 40.9 Å². The molecule has 1 saturated heterocycles. The summed E-state index contributed by atoms with van der Waals surface area (Å²) in [5, 5.41) is 18.4. The average Bonchev–Trinajstić information content (AvgIpc) is 3.27. The molecule has 10 heteroatoms. The second-order valence-electron chi connectivity index (χ2n) is 7.35. The number of ether oxygens (including phenoxy) is 3. The Morgan fingerprint density at radius 3 is 2.73 bits per heavy atom. The fraction of sp³-hybridized carbons (Fsp3) is 0.348. The molecule has 0 bridgehead atoms. The highest BCUT2D eigenvalue weighted by Crippen LogP contribution is 2.31. The number of rotatable bonds is 8. The minimum atomic E-state index is -4.67. The van der Waals surface area contributed by atoms with Crippen molar-refractivity contribution < 1.29 is 27.4 Å². The van der Waals surface area contributed by atoms with Crippen LogP contribution in [0.4, 0.5) is 13.2 Å². The molecule has 0 radical (unpaired) electrons. The lowest BCUT2D eigenvalue weighted by atomic mass is 10.1. The minimum Gasteiger partial charge on any atom is -0.493 e. The van der Waals surface area contributed by atoms with Crippen LogP contribution in [0.5, 0.6) is 5.75 Å². The summed E-state index contributed by atoms with van der Waals surface area (Å²) in [6.45, 7) is 6.31. The van der Waals surface area contributed by atoms with Crippen LogP contribution in [0.15, 0.2) is 54.3 Å². The Balaban J connectivity index is 1.73. The summed E-state index contributed by atoms with van der Waals surface area (Å²) >= 11 is 0. The quantitative estimate of drug-likeness (QED) is 0.447. The van der Waals surface area contributed by atoms with Gasteiger partial charge in [0.15, 0.2) is 5.69 Å². The highest BCUT2D eigenvalue weighted by molar-refractivity contribution is 5.73. The topological polar surface area (TPSA) is 93.0 Å². The summed E-state index contributed by atoms with van der Waals surface area (Å²) in [6, 6.07) is 9.02. The van der Waals surface area contributed by atoms with Crippen molar-refractivity contribution in [3.05, 3.63) is 71.3 Å². The van der Waals surface area contributed by atoms with Crippen LogP contribution in [-0.2, 0) is 16.1 Å². The number of benzene rings is 1.